The van der Waals surface area contributed by atoms with Gasteiger partial charge in [0.15, 0.2) is 0 Å². The molecule has 0 aliphatic carbocycles. The Balaban J connectivity index is 1.48. The van der Waals surface area contributed by atoms with Gasteiger partial charge in [0.2, 0.25) is 0 Å². The van der Waals surface area contributed by atoms with E-state index in [0.717, 1.165) is 31.2 Å². The number of hydrogen-bond donors (Lipinski definition) is 0. The zero-order valence-corrected chi connectivity index (χ0v) is 25.4. The lowest BCUT2D eigenvalue weighted by Gasteiger charge is -2.37. The molecule has 7 nitrogen and oxygen atoms in total. The first-order chi connectivity index (χ1) is 19.8. The number of carbonyl (C=O) groups is 1. The lowest BCUT2D eigenvalue weighted by atomic mass is 9.99. The van der Waals surface area contributed by atoms with E-state index >= 15 is 0 Å². The van der Waals surface area contributed by atoms with E-state index in [1.165, 1.54) is 17.8 Å². The zero-order chi connectivity index (χ0) is 29.1. The Bertz CT molecular complexity index is 1550. The summed E-state index contributed by atoms with van der Waals surface area (Å²) in [5, 5.41) is 0. The van der Waals surface area contributed by atoms with E-state index in [1.807, 2.05) is 30.0 Å². The predicted octanol–water partition coefficient (Wildman–Crippen LogP) is 5.89. The fourth-order valence-corrected chi connectivity index (χ4v) is 6.70. The number of rotatable bonds is 9. The monoisotopic (exact) mass is 593 g/mol. The van der Waals surface area contributed by atoms with Gasteiger partial charge in [-0.1, -0.05) is 75.3 Å². The van der Waals surface area contributed by atoms with Crippen LogP contribution in [0.1, 0.15) is 50.7 Å². The minimum atomic E-state index is -0.249. The first-order valence-corrected chi connectivity index (χ1v) is 15.6. The smallest absolute Gasteiger partial charge is 0.267 e. The van der Waals surface area contributed by atoms with Gasteiger partial charge in [-0.15, -0.1) is 0 Å². The van der Waals surface area contributed by atoms with Crippen LogP contribution in [-0.2, 0) is 4.79 Å². The van der Waals surface area contributed by atoms with Gasteiger partial charge in [0.1, 0.15) is 21.6 Å². The molecule has 4 heterocycles. The normalized spacial score (nSPS) is 17.8. The van der Waals surface area contributed by atoms with Crippen LogP contribution in [0, 0.1) is 18.7 Å². The molecule has 1 aromatic carbocycles. The summed E-state index contributed by atoms with van der Waals surface area (Å²) in [4.78, 5) is 38.6. The molecule has 216 valence electrons. The van der Waals surface area contributed by atoms with Gasteiger partial charge in [0.25, 0.3) is 11.5 Å². The number of fused-ring (bicyclic) bond motifs is 1. The fourth-order valence-electron chi connectivity index (χ4n) is 5.45. The average molecular weight is 594 g/mol. The number of nitrogens with zero attached hydrogens (tertiary/aromatic N) is 5. The lowest BCUT2D eigenvalue weighted by Crippen LogP contribution is -2.47. The number of thioether (sulfide) groups is 1. The molecule has 10 heteroatoms. The molecule has 0 spiro atoms. The van der Waals surface area contributed by atoms with Gasteiger partial charge in [-0.25, -0.2) is 9.37 Å². The van der Waals surface area contributed by atoms with Gasteiger partial charge in [-0.2, -0.15) is 0 Å². The number of benzene rings is 1. The molecule has 2 aliphatic heterocycles. The number of pyridine rings is 1. The van der Waals surface area contributed by atoms with Crippen molar-refractivity contribution >= 4 is 57.4 Å². The van der Waals surface area contributed by atoms with Crippen LogP contribution in [0.5, 0.6) is 0 Å². The summed E-state index contributed by atoms with van der Waals surface area (Å²) in [6, 6.07) is 10.5. The highest BCUT2D eigenvalue weighted by atomic mass is 32.2. The summed E-state index contributed by atoms with van der Waals surface area (Å²) in [5.74, 6) is 0.515. The molecule has 0 radical (unpaired) electrons. The number of unbranched alkanes of at least 4 members (excludes halogenated alkanes) is 1. The zero-order valence-electron chi connectivity index (χ0n) is 23.8. The van der Waals surface area contributed by atoms with Crippen LogP contribution in [-0.4, -0.2) is 57.2 Å². The number of amides is 1. The number of aryl methyl sites for hydroxylation is 1. The third-order valence-electron chi connectivity index (χ3n) is 7.89. The van der Waals surface area contributed by atoms with Crippen molar-refractivity contribution in [2.24, 2.45) is 5.92 Å². The maximum atomic E-state index is 14.4. The molecule has 5 rings (SSSR count). The maximum Gasteiger partial charge on any atom is 0.267 e. The molecule has 0 N–H and O–H groups in total. The Kier molecular flexibility index (Phi) is 9.09. The van der Waals surface area contributed by atoms with Crippen molar-refractivity contribution in [1.82, 2.24) is 14.3 Å². The van der Waals surface area contributed by atoms with Crippen LogP contribution < -0.4 is 15.4 Å². The number of aromatic nitrogens is 2. The summed E-state index contributed by atoms with van der Waals surface area (Å²) in [6.45, 7) is 9.11. The van der Waals surface area contributed by atoms with Gasteiger partial charge in [-0.05, 0) is 49.1 Å². The molecule has 2 aliphatic rings. The van der Waals surface area contributed by atoms with Crippen molar-refractivity contribution in [3.63, 3.8) is 0 Å². The Morgan fingerprint density at radius 2 is 1.80 bits per heavy atom. The Hall–Kier alpha value is -3.24. The summed E-state index contributed by atoms with van der Waals surface area (Å²) >= 11 is 6.88. The standard InChI is InChI=1S/C31H36FN5O2S2/c1-4-6-9-22(5-2)20-37-30(39)26(41-31(37)40)18-23-28(33-27-13-12-21(3)19-36(27)29(23)38)35-16-14-34(15-17-35)25-11-8-7-10-24(25)32/h7-8,10-13,18-19,22H,4-6,9,14-17,20H2,1-3H3. The van der Waals surface area contributed by atoms with E-state index in [9.17, 15) is 14.0 Å². The van der Waals surface area contributed by atoms with E-state index in [0.29, 0.717) is 70.6 Å². The summed E-state index contributed by atoms with van der Waals surface area (Å²) in [6.07, 6.45) is 7.72. The van der Waals surface area contributed by atoms with Crippen molar-refractivity contribution in [1.29, 1.82) is 0 Å². The predicted molar refractivity (Wildman–Crippen MR) is 170 cm³/mol. The van der Waals surface area contributed by atoms with Crippen molar-refractivity contribution in [2.45, 2.75) is 46.5 Å². The Labute approximate surface area is 250 Å². The number of thiocarbonyl (C=S) groups is 1. The van der Waals surface area contributed by atoms with Crippen LogP contribution in [0.15, 0.2) is 52.3 Å². The van der Waals surface area contributed by atoms with Crippen molar-refractivity contribution in [2.75, 3.05) is 42.5 Å². The van der Waals surface area contributed by atoms with Crippen molar-refractivity contribution in [3.8, 4) is 0 Å². The van der Waals surface area contributed by atoms with E-state index < -0.39 is 0 Å². The Morgan fingerprint density at radius 3 is 2.51 bits per heavy atom. The van der Waals surface area contributed by atoms with Gasteiger partial charge in [0, 0.05) is 38.9 Å². The number of anilines is 2. The fraction of sp³-hybridized carbons (Fsp3) is 0.419. The van der Waals surface area contributed by atoms with Crippen LogP contribution in [0.25, 0.3) is 11.7 Å². The van der Waals surface area contributed by atoms with E-state index in [-0.39, 0.29) is 17.3 Å². The van der Waals surface area contributed by atoms with Crippen LogP contribution in [0.3, 0.4) is 0 Å². The highest BCUT2D eigenvalue weighted by Gasteiger charge is 2.34. The molecule has 1 amide bonds. The lowest BCUT2D eigenvalue weighted by molar-refractivity contribution is -0.122. The second-order valence-corrected chi connectivity index (χ2v) is 12.4. The van der Waals surface area contributed by atoms with Crippen molar-refractivity contribution in [3.05, 3.63) is 74.8 Å². The first kappa shape index (κ1) is 29.3. The number of carbonyl (C=O) groups excluding carboxylic acids is 1. The van der Waals surface area contributed by atoms with Gasteiger partial charge >= 0.3 is 0 Å². The third-order valence-corrected chi connectivity index (χ3v) is 9.27. The molecular formula is C31H36FN5O2S2. The van der Waals surface area contributed by atoms with Crippen LogP contribution >= 0.6 is 24.0 Å². The molecule has 2 fully saturated rings. The highest BCUT2D eigenvalue weighted by Crippen LogP contribution is 2.35. The first-order valence-electron chi connectivity index (χ1n) is 14.3. The molecule has 3 aromatic rings. The quantitative estimate of drug-likeness (QED) is 0.227. The second kappa shape index (κ2) is 12.7. The number of piperazine rings is 1. The number of hydrogen-bond acceptors (Lipinski definition) is 7. The Morgan fingerprint density at radius 1 is 1.07 bits per heavy atom. The molecule has 0 bridgehead atoms. The van der Waals surface area contributed by atoms with Gasteiger partial charge in [-0.3, -0.25) is 18.9 Å². The van der Waals surface area contributed by atoms with E-state index in [1.54, 1.807) is 33.7 Å². The third kappa shape index (κ3) is 6.18. The highest BCUT2D eigenvalue weighted by molar-refractivity contribution is 8.26. The SMILES string of the molecule is CCCCC(CC)CN1C(=O)C(=Cc2c(N3CCN(c4ccccc4F)CC3)nc3ccc(C)cn3c2=O)SC1=S. The van der Waals surface area contributed by atoms with Crippen LogP contribution in [0.4, 0.5) is 15.9 Å². The molecular weight excluding hydrogens is 558 g/mol. The number of halogens is 1. The maximum absolute atomic E-state index is 14.4. The second-order valence-electron chi connectivity index (χ2n) is 10.7. The van der Waals surface area contributed by atoms with Gasteiger partial charge in [0.05, 0.1) is 16.2 Å². The summed E-state index contributed by atoms with van der Waals surface area (Å²) < 4.78 is 16.5. The molecule has 0 saturated carbocycles. The molecule has 2 aromatic heterocycles. The van der Waals surface area contributed by atoms with E-state index in [2.05, 4.69) is 18.7 Å². The molecule has 2 saturated heterocycles. The molecule has 1 unspecified atom stereocenters. The summed E-state index contributed by atoms with van der Waals surface area (Å²) in [7, 11) is 0. The average Bonchev–Trinajstić information content (AvgIpc) is 3.24. The topological polar surface area (TPSA) is 61.2 Å². The minimum absolute atomic E-state index is 0.154. The molecule has 41 heavy (non-hydrogen) atoms. The molecule has 1 atom stereocenters. The largest absolute Gasteiger partial charge is 0.366 e. The van der Waals surface area contributed by atoms with E-state index in [4.69, 9.17) is 17.2 Å². The van der Waals surface area contributed by atoms with Crippen molar-refractivity contribution < 1.29 is 9.18 Å². The minimum Gasteiger partial charge on any atom is -0.366 e. The summed E-state index contributed by atoms with van der Waals surface area (Å²) in [5.41, 5.74) is 2.18. The van der Waals surface area contributed by atoms with Crippen LogP contribution in [0.2, 0.25) is 0 Å². The van der Waals surface area contributed by atoms with Gasteiger partial charge < -0.3 is 9.80 Å². The number of para-hydroxylation sites is 1.